The van der Waals surface area contributed by atoms with Gasteiger partial charge < -0.3 is 14.5 Å². The molecule has 2 aromatic rings. The molecule has 2 rings (SSSR count). The van der Waals surface area contributed by atoms with Crippen molar-refractivity contribution in [2.45, 2.75) is 6.61 Å². The third-order valence-electron chi connectivity index (χ3n) is 2.46. The van der Waals surface area contributed by atoms with Gasteiger partial charge in [0, 0.05) is 24.2 Å². The van der Waals surface area contributed by atoms with Crippen molar-refractivity contribution in [1.29, 1.82) is 0 Å². The van der Waals surface area contributed by atoms with E-state index in [-0.39, 0.29) is 5.97 Å². The normalized spacial score (nSPS) is 10.6. The van der Waals surface area contributed by atoms with Crippen LogP contribution in [0.4, 0.5) is 0 Å². The minimum absolute atomic E-state index is 0.333. The topological polar surface area (TPSA) is 51.3 Å². The molecular weight excluding hydrogens is 206 g/mol. The molecule has 0 amide bonds. The Morgan fingerprint density at radius 2 is 2.19 bits per heavy atom. The van der Waals surface area contributed by atoms with Crippen LogP contribution in [0.1, 0.15) is 15.9 Å². The molecule has 1 N–H and O–H groups in total. The predicted molar refractivity (Wildman–Crippen MR) is 60.4 cm³/mol. The lowest BCUT2D eigenvalue weighted by Crippen LogP contribution is -1.99. The molecule has 1 heterocycles. The number of benzene rings is 1. The average molecular weight is 219 g/mol. The number of aromatic nitrogens is 1. The highest BCUT2D eigenvalue weighted by atomic mass is 16.5. The van der Waals surface area contributed by atoms with Crippen LogP contribution in [0.3, 0.4) is 0 Å². The summed E-state index contributed by atoms with van der Waals surface area (Å²) in [6.45, 7) is 0.529. The fourth-order valence-electron chi connectivity index (χ4n) is 1.70. The van der Waals surface area contributed by atoms with Gasteiger partial charge in [0.2, 0.25) is 0 Å². The van der Waals surface area contributed by atoms with E-state index >= 15 is 0 Å². The van der Waals surface area contributed by atoms with E-state index in [1.807, 2.05) is 18.2 Å². The lowest BCUT2D eigenvalue weighted by molar-refractivity contribution is 0.0603. The SMILES string of the molecule is COCc1ccc2[nH]cc(C(=O)OC)c2c1. The van der Waals surface area contributed by atoms with Crippen molar-refractivity contribution in [2.75, 3.05) is 14.2 Å². The summed E-state index contributed by atoms with van der Waals surface area (Å²) in [6, 6.07) is 5.82. The standard InChI is InChI=1S/C12H13NO3/c1-15-7-8-3-4-11-9(5-8)10(6-13-11)12(14)16-2/h3-6,13H,7H2,1-2H3. The Kier molecular flexibility index (Phi) is 2.92. The zero-order valence-electron chi connectivity index (χ0n) is 9.24. The minimum Gasteiger partial charge on any atom is -0.465 e. The molecule has 0 radical (unpaired) electrons. The Hall–Kier alpha value is -1.81. The Morgan fingerprint density at radius 3 is 2.88 bits per heavy atom. The molecule has 0 atom stereocenters. The number of carbonyl (C=O) groups is 1. The molecule has 0 bridgehead atoms. The molecule has 0 fully saturated rings. The van der Waals surface area contributed by atoms with Gasteiger partial charge in [0.1, 0.15) is 0 Å². The minimum atomic E-state index is -0.333. The smallest absolute Gasteiger partial charge is 0.340 e. The second-order valence-corrected chi connectivity index (χ2v) is 3.51. The van der Waals surface area contributed by atoms with E-state index < -0.39 is 0 Å². The zero-order valence-corrected chi connectivity index (χ0v) is 9.24. The fourth-order valence-corrected chi connectivity index (χ4v) is 1.70. The van der Waals surface area contributed by atoms with Crippen LogP contribution < -0.4 is 0 Å². The molecule has 84 valence electrons. The number of fused-ring (bicyclic) bond motifs is 1. The molecule has 0 saturated carbocycles. The summed E-state index contributed by atoms with van der Waals surface area (Å²) >= 11 is 0. The quantitative estimate of drug-likeness (QED) is 0.804. The fraction of sp³-hybridized carbons (Fsp3) is 0.250. The van der Waals surface area contributed by atoms with Gasteiger partial charge in [-0.2, -0.15) is 0 Å². The average Bonchev–Trinajstić information content (AvgIpc) is 2.71. The highest BCUT2D eigenvalue weighted by Gasteiger charge is 2.12. The van der Waals surface area contributed by atoms with Crippen molar-refractivity contribution in [3.8, 4) is 0 Å². The summed E-state index contributed by atoms with van der Waals surface area (Å²) in [4.78, 5) is 14.5. The summed E-state index contributed by atoms with van der Waals surface area (Å²) in [6.07, 6.45) is 1.66. The number of H-pyrrole nitrogens is 1. The predicted octanol–water partition coefficient (Wildman–Crippen LogP) is 2.10. The van der Waals surface area contributed by atoms with Crippen molar-refractivity contribution >= 4 is 16.9 Å². The molecular formula is C12H13NO3. The largest absolute Gasteiger partial charge is 0.465 e. The number of hydrogen-bond acceptors (Lipinski definition) is 3. The van der Waals surface area contributed by atoms with Crippen LogP contribution in [0.15, 0.2) is 24.4 Å². The first-order chi connectivity index (χ1) is 7.76. The van der Waals surface area contributed by atoms with Gasteiger partial charge in [-0.1, -0.05) is 6.07 Å². The number of nitrogens with one attached hydrogen (secondary N) is 1. The van der Waals surface area contributed by atoms with Crippen molar-refractivity contribution < 1.29 is 14.3 Å². The lowest BCUT2D eigenvalue weighted by atomic mass is 10.1. The molecule has 16 heavy (non-hydrogen) atoms. The summed E-state index contributed by atoms with van der Waals surface area (Å²) in [5.41, 5.74) is 2.50. The molecule has 1 aromatic heterocycles. The van der Waals surface area contributed by atoms with Crippen LogP contribution in [0.5, 0.6) is 0 Å². The summed E-state index contributed by atoms with van der Waals surface area (Å²) in [7, 11) is 3.02. The maximum atomic E-state index is 11.5. The molecule has 0 spiro atoms. The van der Waals surface area contributed by atoms with Gasteiger partial charge in [-0.3, -0.25) is 0 Å². The van der Waals surface area contributed by atoms with Crippen molar-refractivity contribution in [2.24, 2.45) is 0 Å². The molecule has 0 unspecified atom stereocenters. The Morgan fingerprint density at radius 1 is 1.38 bits per heavy atom. The number of esters is 1. The second-order valence-electron chi connectivity index (χ2n) is 3.51. The van der Waals surface area contributed by atoms with E-state index in [2.05, 4.69) is 4.98 Å². The van der Waals surface area contributed by atoms with E-state index in [4.69, 9.17) is 9.47 Å². The number of ether oxygens (including phenoxy) is 2. The molecule has 4 heteroatoms. The van der Waals surface area contributed by atoms with Crippen LogP contribution in [0, 0.1) is 0 Å². The number of aromatic amines is 1. The third-order valence-corrected chi connectivity index (χ3v) is 2.46. The van der Waals surface area contributed by atoms with E-state index in [0.29, 0.717) is 12.2 Å². The second kappa shape index (κ2) is 4.37. The molecule has 0 aliphatic carbocycles. The highest BCUT2D eigenvalue weighted by molar-refractivity contribution is 6.04. The Labute approximate surface area is 93.2 Å². The van der Waals surface area contributed by atoms with Gasteiger partial charge >= 0.3 is 5.97 Å². The van der Waals surface area contributed by atoms with E-state index in [0.717, 1.165) is 16.5 Å². The number of hydrogen-bond donors (Lipinski definition) is 1. The van der Waals surface area contributed by atoms with Gasteiger partial charge in [0.05, 0.1) is 19.3 Å². The first-order valence-electron chi connectivity index (χ1n) is 4.93. The molecule has 0 aliphatic rings. The maximum Gasteiger partial charge on any atom is 0.340 e. The van der Waals surface area contributed by atoms with Crippen molar-refractivity contribution in [1.82, 2.24) is 4.98 Å². The maximum absolute atomic E-state index is 11.5. The summed E-state index contributed by atoms with van der Waals surface area (Å²) in [5, 5.41) is 0.862. The van der Waals surface area contributed by atoms with Gasteiger partial charge in [-0.05, 0) is 17.7 Å². The van der Waals surface area contributed by atoms with Gasteiger partial charge in [0.25, 0.3) is 0 Å². The van der Waals surface area contributed by atoms with Crippen LogP contribution in [0.2, 0.25) is 0 Å². The van der Waals surface area contributed by atoms with Gasteiger partial charge in [0.15, 0.2) is 0 Å². The molecule has 1 aromatic carbocycles. The number of methoxy groups -OCH3 is 2. The van der Waals surface area contributed by atoms with Gasteiger partial charge in [-0.25, -0.2) is 4.79 Å². The Bertz CT molecular complexity index is 516. The van der Waals surface area contributed by atoms with Gasteiger partial charge in [-0.15, -0.1) is 0 Å². The summed E-state index contributed by atoms with van der Waals surface area (Å²) in [5.74, 6) is -0.333. The zero-order chi connectivity index (χ0) is 11.5. The van der Waals surface area contributed by atoms with Crippen LogP contribution in [0.25, 0.3) is 10.9 Å². The van der Waals surface area contributed by atoms with Crippen LogP contribution in [-0.4, -0.2) is 25.2 Å². The van der Waals surface area contributed by atoms with Crippen molar-refractivity contribution in [3.05, 3.63) is 35.5 Å². The monoisotopic (exact) mass is 219 g/mol. The Balaban J connectivity index is 2.51. The molecule has 0 aliphatic heterocycles. The molecule has 0 saturated heterocycles. The number of carbonyl (C=O) groups excluding carboxylic acids is 1. The van der Waals surface area contributed by atoms with Crippen molar-refractivity contribution in [3.63, 3.8) is 0 Å². The highest BCUT2D eigenvalue weighted by Crippen LogP contribution is 2.20. The van der Waals surface area contributed by atoms with E-state index in [1.165, 1.54) is 7.11 Å². The number of rotatable bonds is 3. The summed E-state index contributed by atoms with van der Waals surface area (Å²) < 4.78 is 9.77. The third kappa shape index (κ3) is 1.79. The lowest BCUT2D eigenvalue weighted by Gasteiger charge is -2.01. The first kappa shape index (κ1) is 10.7. The molecule has 4 nitrogen and oxygen atoms in total. The van der Waals surface area contributed by atoms with Crippen LogP contribution >= 0.6 is 0 Å². The van der Waals surface area contributed by atoms with E-state index in [1.54, 1.807) is 13.3 Å². The van der Waals surface area contributed by atoms with E-state index in [9.17, 15) is 4.79 Å². The first-order valence-corrected chi connectivity index (χ1v) is 4.93. The van der Waals surface area contributed by atoms with Crippen LogP contribution in [-0.2, 0) is 16.1 Å².